The number of allylic oxidation sites excluding steroid dienone is 1. The van der Waals surface area contributed by atoms with Crippen molar-refractivity contribution in [1.29, 1.82) is 0 Å². The van der Waals surface area contributed by atoms with Gasteiger partial charge in [-0.3, -0.25) is 0 Å². The number of aryl methyl sites for hydroxylation is 1. The third-order valence-corrected chi connectivity index (χ3v) is 5.18. The van der Waals surface area contributed by atoms with E-state index in [9.17, 15) is 4.79 Å². The maximum atomic E-state index is 12.4. The lowest BCUT2D eigenvalue weighted by Crippen LogP contribution is -2.14. The molecular formula is C24H27N3O3. The molecule has 6 heteroatoms. The van der Waals surface area contributed by atoms with E-state index in [0.29, 0.717) is 17.8 Å². The first-order valence-electron chi connectivity index (χ1n) is 10.1. The Morgan fingerprint density at radius 2 is 2.03 bits per heavy atom. The molecule has 4 rings (SSSR count). The van der Waals surface area contributed by atoms with Gasteiger partial charge in [-0.15, -0.1) is 0 Å². The number of carbonyl (C=O) groups excluding carboxylic acids is 1. The lowest BCUT2D eigenvalue weighted by atomic mass is 9.93. The Morgan fingerprint density at radius 3 is 2.77 bits per heavy atom. The van der Waals surface area contributed by atoms with Crippen LogP contribution < -0.4 is 5.73 Å². The van der Waals surface area contributed by atoms with Crippen molar-refractivity contribution in [1.82, 2.24) is 4.57 Å². The quantitative estimate of drug-likeness (QED) is 0.219. The first-order chi connectivity index (χ1) is 14.6. The number of carbonyl (C=O) groups is 1. The lowest BCUT2D eigenvalue weighted by molar-refractivity contribution is 0.0589. The SMILES string of the molecule is CC.COC(=O)c1cc2ccc(/C(N)=N\O)cc2n1Cc1cccc2c1C=CCC2. The zero-order chi connectivity index (χ0) is 21.7. The summed E-state index contributed by atoms with van der Waals surface area (Å²) in [6.07, 6.45) is 6.39. The van der Waals surface area contributed by atoms with Crippen LogP contribution in [0.15, 0.2) is 53.7 Å². The number of esters is 1. The number of methoxy groups -OCH3 is 1. The van der Waals surface area contributed by atoms with Gasteiger partial charge in [-0.05, 0) is 41.7 Å². The van der Waals surface area contributed by atoms with E-state index in [1.54, 1.807) is 6.07 Å². The monoisotopic (exact) mass is 405 g/mol. The summed E-state index contributed by atoms with van der Waals surface area (Å²) in [5.41, 5.74) is 11.3. The van der Waals surface area contributed by atoms with Crippen LogP contribution in [0.3, 0.4) is 0 Å². The summed E-state index contributed by atoms with van der Waals surface area (Å²) in [4.78, 5) is 12.4. The van der Waals surface area contributed by atoms with Crippen LogP contribution in [0.1, 0.15) is 53.0 Å². The van der Waals surface area contributed by atoms with Crippen molar-refractivity contribution in [2.75, 3.05) is 7.11 Å². The molecule has 0 saturated heterocycles. The Hall–Kier alpha value is -3.54. The Labute approximate surface area is 176 Å². The first kappa shape index (κ1) is 21.2. The number of ether oxygens (including phenoxy) is 1. The Kier molecular flexibility index (Phi) is 6.57. The number of hydrogen-bond donors (Lipinski definition) is 2. The van der Waals surface area contributed by atoms with Gasteiger partial charge in [-0.2, -0.15) is 0 Å². The van der Waals surface area contributed by atoms with Crippen molar-refractivity contribution in [2.24, 2.45) is 10.9 Å². The van der Waals surface area contributed by atoms with Crippen molar-refractivity contribution in [3.05, 3.63) is 76.5 Å². The van der Waals surface area contributed by atoms with Crippen LogP contribution >= 0.6 is 0 Å². The predicted octanol–water partition coefficient (Wildman–Crippen LogP) is 4.56. The summed E-state index contributed by atoms with van der Waals surface area (Å²) >= 11 is 0. The third kappa shape index (κ3) is 3.94. The van der Waals surface area contributed by atoms with Gasteiger partial charge in [0, 0.05) is 23.0 Å². The van der Waals surface area contributed by atoms with Crippen molar-refractivity contribution in [3.63, 3.8) is 0 Å². The van der Waals surface area contributed by atoms with Gasteiger partial charge in [0.2, 0.25) is 0 Å². The van der Waals surface area contributed by atoms with E-state index in [2.05, 4.69) is 35.5 Å². The molecule has 0 aliphatic heterocycles. The largest absolute Gasteiger partial charge is 0.464 e. The van der Waals surface area contributed by atoms with Crippen molar-refractivity contribution in [3.8, 4) is 0 Å². The van der Waals surface area contributed by atoms with Crippen LogP contribution in [-0.2, 0) is 17.7 Å². The molecule has 1 heterocycles. The molecule has 0 amide bonds. The molecular weight excluding hydrogens is 378 g/mol. The molecule has 6 nitrogen and oxygen atoms in total. The van der Waals surface area contributed by atoms with Gasteiger partial charge in [0.15, 0.2) is 5.84 Å². The van der Waals surface area contributed by atoms with Crippen LogP contribution in [-0.4, -0.2) is 28.7 Å². The smallest absolute Gasteiger partial charge is 0.354 e. The zero-order valence-corrected chi connectivity index (χ0v) is 17.6. The molecule has 3 N–H and O–H groups in total. The fraction of sp³-hybridized carbons (Fsp3) is 0.250. The summed E-state index contributed by atoms with van der Waals surface area (Å²) in [6, 6.07) is 13.5. The Bertz CT molecular complexity index is 1130. The van der Waals surface area contributed by atoms with Crippen molar-refractivity contribution in [2.45, 2.75) is 33.2 Å². The van der Waals surface area contributed by atoms with Gasteiger partial charge in [-0.1, -0.05) is 61.5 Å². The van der Waals surface area contributed by atoms with Gasteiger partial charge < -0.3 is 20.2 Å². The Balaban J connectivity index is 0.00000124. The second kappa shape index (κ2) is 9.31. The molecule has 0 fully saturated rings. The first-order valence-corrected chi connectivity index (χ1v) is 10.1. The van der Waals surface area contributed by atoms with E-state index in [0.717, 1.165) is 29.3 Å². The number of aromatic nitrogens is 1. The number of oxime groups is 1. The maximum absolute atomic E-state index is 12.4. The second-order valence-electron chi connectivity index (χ2n) is 6.80. The van der Waals surface area contributed by atoms with Crippen LogP contribution in [0.4, 0.5) is 0 Å². The van der Waals surface area contributed by atoms with Crippen LogP contribution in [0.25, 0.3) is 17.0 Å². The number of rotatable bonds is 4. The molecule has 0 saturated carbocycles. The van der Waals surface area contributed by atoms with Gasteiger partial charge in [0.1, 0.15) is 5.69 Å². The standard InChI is InChI=1S/C22H21N3O3.C2H6/c1-28-22(26)20-11-15-9-10-16(21(23)24-27)12-19(15)25(20)13-17-7-4-6-14-5-2-3-8-18(14)17;1-2/h3-4,6-12,27H,2,5,13H2,1H3,(H2,23,24);1-2H3. The number of nitrogens with two attached hydrogens (primary N) is 1. The molecule has 1 aliphatic carbocycles. The number of hydrogen-bond acceptors (Lipinski definition) is 4. The average molecular weight is 405 g/mol. The number of nitrogens with zero attached hydrogens (tertiary/aromatic N) is 2. The number of amidine groups is 1. The number of fused-ring (bicyclic) bond motifs is 2. The molecule has 0 atom stereocenters. The normalized spacial score (nSPS) is 12.8. The predicted molar refractivity (Wildman–Crippen MR) is 120 cm³/mol. The van der Waals surface area contributed by atoms with Crippen molar-refractivity contribution >= 4 is 28.8 Å². The van der Waals surface area contributed by atoms with Crippen LogP contribution in [0.2, 0.25) is 0 Å². The third-order valence-electron chi connectivity index (χ3n) is 5.18. The highest BCUT2D eigenvalue weighted by atomic mass is 16.5. The van der Waals surface area contributed by atoms with E-state index in [-0.39, 0.29) is 5.84 Å². The topological polar surface area (TPSA) is 89.8 Å². The van der Waals surface area contributed by atoms with E-state index in [1.807, 2.05) is 36.6 Å². The fourth-order valence-corrected chi connectivity index (χ4v) is 3.76. The summed E-state index contributed by atoms with van der Waals surface area (Å²) in [5.74, 6) is -0.379. The van der Waals surface area contributed by atoms with Crippen LogP contribution in [0.5, 0.6) is 0 Å². The fourth-order valence-electron chi connectivity index (χ4n) is 3.76. The molecule has 3 aromatic rings. The maximum Gasteiger partial charge on any atom is 0.354 e. The van der Waals surface area contributed by atoms with E-state index < -0.39 is 5.97 Å². The molecule has 1 aromatic heterocycles. The highest BCUT2D eigenvalue weighted by Gasteiger charge is 2.19. The molecule has 2 aromatic carbocycles. The summed E-state index contributed by atoms with van der Waals surface area (Å²) in [5, 5.41) is 13.0. The molecule has 0 bridgehead atoms. The van der Waals surface area contributed by atoms with Crippen molar-refractivity contribution < 1.29 is 14.7 Å². The molecule has 156 valence electrons. The average Bonchev–Trinajstić information content (AvgIpc) is 3.17. The summed E-state index contributed by atoms with van der Waals surface area (Å²) in [7, 11) is 1.37. The highest BCUT2D eigenvalue weighted by molar-refractivity contribution is 6.02. The second-order valence-corrected chi connectivity index (χ2v) is 6.80. The summed E-state index contributed by atoms with van der Waals surface area (Å²) < 4.78 is 6.92. The van der Waals surface area contributed by atoms with Gasteiger partial charge in [0.25, 0.3) is 0 Å². The minimum atomic E-state index is -0.401. The molecule has 0 spiro atoms. The Morgan fingerprint density at radius 1 is 1.23 bits per heavy atom. The van der Waals surface area contributed by atoms with Gasteiger partial charge in [0.05, 0.1) is 7.11 Å². The molecule has 1 aliphatic rings. The molecule has 0 radical (unpaired) electrons. The summed E-state index contributed by atoms with van der Waals surface area (Å²) in [6.45, 7) is 4.51. The highest BCUT2D eigenvalue weighted by Crippen LogP contribution is 2.27. The minimum Gasteiger partial charge on any atom is -0.464 e. The van der Waals surface area contributed by atoms with E-state index in [1.165, 1.54) is 18.2 Å². The zero-order valence-electron chi connectivity index (χ0n) is 17.6. The van der Waals surface area contributed by atoms with Gasteiger partial charge in [-0.25, -0.2) is 4.79 Å². The molecule has 0 unspecified atom stereocenters. The minimum absolute atomic E-state index is 0.0225. The van der Waals surface area contributed by atoms with E-state index in [4.69, 9.17) is 15.7 Å². The number of benzene rings is 2. The lowest BCUT2D eigenvalue weighted by Gasteiger charge is -2.17. The van der Waals surface area contributed by atoms with Gasteiger partial charge >= 0.3 is 5.97 Å². The molecule has 30 heavy (non-hydrogen) atoms. The van der Waals surface area contributed by atoms with E-state index >= 15 is 0 Å². The van der Waals surface area contributed by atoms with Crippen LogP contribution in [0, 0.1) is 0 Å².